The van der Waals surface area contributed by atoms with Gasteiger partial charge in [0.05, 0.1) is 6.61 Å². The highest BCUT2D eigenvalue weighted by Crippen LogP contribution is 2.29. The van der Waals surface area contributed by atoms with Crippen molar-refractivity contribution in [3.63, 3.8) is 0 Å². The quantitative estimate of drug-likeness (QED) is 0.737. The number of hydrogen-bond acceptors (Lipinski definition) is 4. The Balaban J connectivity index is 1.50. The van der Waals surface area contributed by atoms with Gasteiger partial charge in [-0.2, -0.15) is 0 Å². The van der Waals surface area contributed by atoms with Crippen LogP contribution in [0.3, 0.4) is 0 Å². The molecule has 1 aliphatic rings. The lowest BCUT2D eigenvalue weighted by atomic mass is 10.1. The maximum absolute atomic E-state index is 12.7. The van der Waals surface area contributed by atoms with Gasteiger partial charge in [0.25, 0.3) is 0 Å². The Labute approximate surface area is 164 Å². The number of nitrogens with one attached hydrogen (secondary N) is 1. The van der Waals surface area contributed by atoms with Gasteiger partial charge in [0.1, 0.15) is 11.3 Å². The average molecular weight is 379 g/mol. The van der Waals surface area contributed by atoms with Gasteiger partial charge in [0, 0.05) is 44.5 Å². The summed E-state index contributed by atoms with van der Waals surface area (Å²) in [6, 6.07) is 11.7. The molecule has 1 saturated heterocycles. The highest BCUT2D eigenvalue weighted by molar-refractivity contribution is 5.89. The molecule has 1 N–H and O–H groups in total. The highest BCUT2D eigenvalue weighted by atomic mass is 16.5. The van der Waals surface area contributed by atoms with Crippen molar-refractivity contribution in [3.05, 3.63) is 54.0 Å². The van der Waals surface area contributed by atoms with E-state index in [9.17, 15) is 4.79 Å². The molecule has 1 atom stereocenters. The molecule has 1 fully saturated rings. The third-order valence-electron chi connectivity index (χ3n) is 5.20. The van der Waals surface area contributed by atoms with Gasteiger partial charge in [-0.1, -0.05) is 17.7 Å². The van der Waals surface area contributed by atoms with Crippen LogP contribution >= 0.6 is 0 Å². The van der Waals surface area contributed by atoms with E-state index in [1.165, 1.54) is 5.56 Å². The predicted octanol–water partition coefficient (Wildman–Crippen LogP) is 3.41. The van der Waals surface area contributed by atoms with Crippen LogP contribution in [-0.4, -0.2) is 52.3 Å². The first kappa shape index (κ1) is 18.4. The number of ether oxygens (including phenoxy) is 1. The van der Waals surface area contributed by atoms with Crippen LogP contribution in [0.4, 0.5) is 10.5 Å². The lowest BCUT2D eigenvalue weighted by Gasteiger charge is -2.18. The summed E-state index contributed by atoms with van der Waals surface area (Å²) in [7, 11) is 1.69. The van der Waals surface area contributed by atoms with Crippen molar-refractivity contribution in [2.75, 3.05) is 32.1 Å². The summed E-state index contributed by atoms with van der Waals surface area (Å²) in [4.78, 5) is 23.8. The van der Waals surface area contributed by atoms with Gasteiger partial charge in [-0.15, -0.1) is 0 Å². The summed E-state index contributed by atoms with van der Waals surface area (Å²) in [5.41, 5.74) is 3.74. The van der Waals surface area contributed by atoms with E-state index in [2.05, 4.69) is 14.9 Å². The zero-order valence-corrected chi connectivity index (χ0v) is 16.3. The fraction of sp³-hybridized carbons (Fsp3) is 0.381. The molecule has 7 nitrogen and oxygen atoms in total. The molecule has 3 heterocycles. The van der Waals surface area contributed by atoms with Crippen molar-refractivity contribution in [2.45, 2.75) is 25.8 Å². The number of hydrogen-bond donors (Lipinski definition) is 1. The van der Waals surface area contributed by atoms with E-state index in [0.717, 1.165) is 29.1 Å². The minimum atomic E-state index is -0.0657. The summed E-state index contributed by atoms with van der Waals surface area (Å²) in [6.45, 7) is 4.68. The van der Waals surface area contributed by atoms with Crippen LogP contribution in [0.15, 0.2) is 42.6 Å². The van der Waals surface area contributed by atoms with Crippen molar-refractivity contribution in [1.82, 2.24) is 19.4 Å². The van der Waals surface area contributed by atoms with Crippen LogP contribution in [0.2, 0.25) is 0 Å². The van der Waals surface area contributed by atoms with Gasteiger partial charge in [-0.05, 0) is 37.6 Å². The number of carbonyl (C=O) groups excluding carboxylic acids is 1. The molecule has 0 radical (unpaired) electrons. The summed E-state index contributed by atoms with van der Waals surface area (Å²) in [5.74, 6) is 1.17. The van der Waals surface area contributed by atoms with Gasteiger partial charge in [-0.3, -0.25) is 0 Å². The Morgan fingerprint density at radius 1 is 1.29 bits per heavy atom. The molecule has 3 aromatic rings. The standard InChI is InChI=1S/C21H25N5O2/c1-15-5-7-17(8-6-15)23-21(27)25-11-9-16(14-25)19-24-18-4-3-10-22-20(18)26(19)12-13-28-2/h3-8,10,16H,9,11-14H2,1-2H3,(H,23,27)/t16-/m0/s1. The third kappa shape index (κ3) is 3.71. The number of carbonyl (C=O) groups is 1. The summed E-state index contributed by atoms with van der Waals surface area (Å²) in [5, 5.41) is 2.99. The maximum Gasteiger partial charge on any atom is 0.321 e. The number of aromatic nitrogens is 3. The monoisotopic (exact) mass is 379 g/mol. The van der Waals surface area contributed by atoms with E-state index < -0.39 is 0 Å². The van der Waals surface area contributed by atoms with Crippen LogP contribution in [0.1, 0.15) is 23.7 Å². The van der Waals surface area contributed by atoms with E-state index in [1.807, 2.05) is 48.2 Å². The Hall–Kier alpha value is -2.93. The second-order valence-corrected chi connectivity index (χ2v) is 7.19. The van der Waals surface area contributed by atoms with Crippen molar-refractivity contribution in [2.24, 2.45) is 0 Å². The SMILES string of the molecule is COCCn1c([C@H]2CCN(C(=O)Nc3ccc(C)cc3)C2)nc2cccnc21. The molecule has 7 heteroatoms. The number of nitrogens with zero attached hydrogens (tertiary/aromatic N) is 4. The number of pyridine rings is 1. The number of imidazole rings is 1. The minimum Gasteiger partial charge on any atom is -0.383 e. The molecular weight excluding hydrogens is 354 g/mol. The highest BCUT2D eigenvalue weighted by Gasteiger charge is 2.31. The Morgan fingerprint density at radius 3 is 2.89 bits per heavy atom. The lowest BCUT2D eigenvalue weighted by Crippen LogP contribution is -2.33. The Kier molecular flexibility index (Phi) is 5.25. The number of aryl methyl sites for hydroxylation is 1. The first-order valence-corrected chi connectivity index (χ1v) is 9.58. The fourth-order valence-electron chi connectivity index (χ4n) is 3.69. The van der Waals surface area contributed by atoms with Crippen molar-refractivity contribution in [1.29, 1.82) is 0 Å². The lowest BCUT2D eigenvalue weighted by molar-refractivity contribution is 0.186. The molecule has 28 heavy (non-hydrogen) atoms. The molecular formula is C21H25N5O2. The normalized spacial score (nSPS) is 16.6. The van der Waals surface area contributed by atoms with Crippen LogP contribution in [0.5, 0.6) is 0 Å². The number of likely N-dealkylation sites (tertiary alicyclic amines) is 1. The van der Waals surface area contributed by atoms with Crippen molar-refractivity contribution < 1.29 is 9.53 Å². The van der Waals surface area contributed by atoms with Crippen LogP contribution in [0.25, 0.3) is 11.2 Å². The van der Waals surface area contributed by atoms with Gasteiger partial charge < -0.3 is 19.5 Å². The Morgan fingerprint density at radius 2 is 2.11 bits per heavy atom. The van der Waals surface area contributed by atoms with Crippen LogP contribution in [0, 0.1) is 6.92 Å². The third-order valence-corrected chi connectivity index (χ3v) is 5.20. The molecule has 2 aromatic heterocycles. The van der Waals surface area contributed by atoms with E-state index in [-0.39, 0.29) is 11.9 Å². The summed E-state index contributed by atoms with van der Waals surface area (Å²) in [6.07, 6.45) is 2.67. The largest absolute Gasteiger partial charge is 0.383 e. The number of methoxy groups -OCH3 is 1. The second kappa shape index (κ2) is 7.98. The minimum absolute atomic E-state index is 0.0657. The number of urea groups is 1. The van der Waals surface area contributed by atoms with Gasteiger partial charge in [-0.25, -0.2) is 14.8 Å². The number of benzene rings is 1. The number of fused-ring (bicyclic) bond motifs is 1. The van der Waals surface area contributed by atoms with Crippen molar-refractivity contribution in [3.8, 4) is 0 Å². The summed E-state index contributed by atoms with van der Waals surface area (Å²) >= 11 is 0. The number of amides is 2. The fourth-order valence-corrected chi connectivity index (χ4v) is 3.69. The topological polar surface area (TPSA) is 72.3 Å². The number of rotatable bonds is 5. The molecule has 2 amide bonds. The first-order valence-electron chi connectivity index (χ1n) is 9.58. The molecule has 1 aromatic carbocycles. The maximum atomic E-state index is 12.7. The zero-order valence-electron chi connectivity index (χ0n) is 16.3. The molecule has 0 bridgehead atoms. The van der Waals surface area contributed by atoms with Crippen molar-refractivity contribution >= 4 is 22.9 Å². The van der Waals surface area contributed by atoms with Crippen LogP contribution in [-0.2, 0) is 11.3 Å². The molecule has 0 saturated carbocycles. The van der Waals surface area contributed by atoms with Crippen LogP contribution < -0.4 is 5.32 Å². The van der Waals surface area contributed by atoms with E-state index in [1.54, 1.807) is 13.3 Å². The molecule has 0 aliphatic carbocycles. The smallest absolute Gasteiger partial charge is 0.321 e. The second-order valence-electron chi connectivity index (χ2n) is 7.19. The van der Waals surface area contributed by atoms with E-state index in [0.29, 0.717) is 26.2 Å². The average Bonchev–Trinajstić information content (AvgIpc) is 3.33. The molecule has 1 aliphatic heterocycles. The Bertz CT molecular complexity index is 967. The van der Waals surface area contributed by atoms with E-state index >= 15 is 0 Å². The van der Waals surface area contributed by atoms with Gasteiger partial charge in [0.15, 0.2) is 5.65 Å². The zero-order chi connectivity index (χ0) is 19.5. The molecule has 0 unspecified atom stereocenters. The first-order chi connectivity index (χ1) is 13.7. The predicted molar refractivity (Wildman–Crippen MR) is 109 cm³/mol. The molecule has 4 rings (SSSR count). The summed E-state index contributed by atoms with van der Waals surface area (Å²) < 4.78 is 7.39. The van der Waals surface area contributed by atoms with E-state index in [4.69, 9.17) is 9.72 Å². The molecule has 146 valence electrons. The number of anilines is 1. The molecule has 0 spiro atoms. The van der Waals surface area contributed by atoms with Gasteiger partial charge >= 0.3 is 6.03 Å². The van der Waals surface area contributed by atoms with Gasteiger partial charge in [0.2, 0.25) is 0 Å².